The zero-order valence-electron chi connectivity index (χ0n) is 12.9. The largest absolute Gasteiger partial charge is 0.423 e. The maximum Gasteiger partial charge on any atom is 0.336 e. The zero-order chi connectivity index (χ0) is 15.7. The number of nitrogens with one attached hydrogen (secondary N) is 1. The Bertz CT molecular complexity index is 769. The second-order valence-electron chi connectivity index (χ2n) is 6.08. The molecular weight excluding hydrogens is 296 g/mol. The van der Waals surface area contributed by atoms with E-state index in [-0.39, 0.29) is 5.63 Å². The quantitative estimate of drug-likeness (QED) is 0.644. The molecule has 1 aromatic heterocycles. The molecule has 0 saturated carbocycles. The molecule has 0 radical (unpaired) electrons. The molecule has 1 saturated heterocycles. The van der Waals surface area contributed by atoms with Crippen LogP contribution in [0.25, 0.3) is 11.0 Å². The summed E-state index contributed by atoms with van der Waals surface area (Å²) in [6, 6.07) is 7.27. The lowest BCUT2D eigenvalue weighted by molar-refractivity contribution is 0.276. The molecule has 0 aliphatic carbocycles. The standard InChI is InChI=1S/C17H20N2O2S/c1-11-4-3-7-19(10-11)17(22)18-13-5-6-14-12(2)8-16(20)21-15(14)9-13/h5-6,8-9,11H,3-4,7,10H2,1-2H3,(H,18,22)/t11-/m0/s1. The molecule has 0 unspecified atom stereocenters. The van der Waals surface area contributed by atoms with Crippen LogP contribution in [0.2, 0.25) is 0 Å². The van der Waals surface area contributed by atoms with Crippen LogP contribution in [-0.4, -0.2) is 23.1 Å². The highest BCUT2D eigenvalue weighted by molar-refractivity contribution is 7.80. The first-order valence-corrected chi connectivity index (χ1v) is 8.04. The van der Waals surface area contributed by atoms with Crippen molar-refractivity contribution < 1.29 is 4.42 Å². The second kappa shape index (κ2) is 6.08. The normalized spacial score (nSPS) is 18.5. The van der Waals surface area contributed by atoms with Gasteiger partial charge in [0.15, 0.2) is 5.11 Å². The van der Waals surface area contributed by atoms with Crippen molar-refractivity contribution in [3.8, 4) is 0 Å². The van der Waals surface area contributed by atoms with Crippen LogP contribution in [0.15, 0.2) is 33.5 Å². The van der Waals surface area contributed by atoms with Crippen molar-refractivity contribution in [1.82, 2.24) is 4.90 Å². The van der Waals surface area contributed by atoms with E-state index >= 15 is 0 Å². The van der Waals surface area contributed by atoms with E-state index in [0.717, 1.165) is 34.8 Å². The Balaban J connectivity index is 1.82. The lowest BCUT2D eigenvalue weighted by atomic mass is 10.0. The van der Waals surface area contributed by atoms with Crippen molar-refractivity contribution in [2.75, 3.05) is 18.4 Å². The molecule has 1 aromatic carbocycles. The molecule has 4 nitrogen and oxygen atoms in total. The van der Waals surface area contributed by atoms with Gasteiger partial charge in [-0.25, -0.2) is 4.79 Å². The average molecular weight is 316 g/mol. The number of thiocarbonyl (C=S) groups is 1. The fraction of sp³-hybridized carbons (Fsp3) is 0.412. The van der Waals surface area contributed by atoms with Crippen LogP contribution in [0.5, 0.6) is 0 Å². The fourth-order valence-corrected chi connectivity index (χ4v) is 3.26. The summed E-state index contributed by atoms with van der Waals surface area (Å²) < 4.78 is 5.27. The summed E-state index contributed by atoms with van der Waals surface area (Å²) in [5.74, 6) is 0.672. The number of rotatable bonds is 1. The summed E-state index contributed by atoms with van der Waals surface area (Å²) in [7, 11) is 0. The number of hydrogen-bond acceptors (Lipinski definition) is 3. The number of aryl methyl sites for hydroxylation is 1. The third kappa shape index (κ3) is 3.14. The first-order valence-electron chi connectivity index (χ1n) is 7.63. The second-order valence-corrected chi connectivity index (χ2v) is 6.47. The molecule has 116 valence electrons. The van der Waals surface area contributed by atoms with Crippen molar-refractivity contribution in [1.29, 1.82) is 0 Å². The van der Waals surface area contributed by atoms with Gasteiger partial charge in [0.2, 0.25) is 0 Å². The maximum absolute atomic E-state index is 11.5. The van der Waals surface area contributed by atoms with Crippen LogP contribution in [-0.2, 0) is 0 Å². The van der Waals surface area contributed by atoms with E-state index in [4.69, 9.17) is 16.6 Å². The van der Waals surface area contributed by atoms with Crippen molar-refractivity contribution in [3.63, 3.8) is 0 Å². The Morgan fingerprint density at radius 3 is 3.00 bits per heavy atom. The molecule has 22 heavy (non-hydrogen) atoms. The highest BCUT2D eigenvalue weighted by atomic mass is 32.1. The topological polar surface area (TPSA) is 45.5 Å². The Kier molecular flexibility index (Phi) is 4.16. The summed E-state index contributed by atoms with van der Waals surface area (Å²) in [5.41, 5.74) is 2.04. The first kappa shape index (κ1) is 15.0. The van der Waals surface area contributed by atoms with E-state index in [0.29, 0.717) is 11.5 Å². The van der Waals surface area contributed by atoms with E-state index in [1.54, 1.807) is 0 Å². The summed E-state index contributed by atoms with van der Waals surface area (Å²) in [6.07, 6.45) is 2.44. The van der Waals surface area contributed by atoms with Crippen molar-refractivity contribution >= 4 is 34.0 Å². The minimum absolute atomic E-state index is 0.324. The summed E-state index contributed by atoms with van der Waals surface area (Å²) in [4.78, 5) is 13.7. The number of nitrogens with zero attached hydrogens (tertiary/aromatic N) is 1. The van der Waals surface area contributed by atoms with Gasteiger partial charge in [-0.1, -0.05) is 6.92 Å². The van der Waals surface area contributed by atoms with E-state index in [9.17, 15) is 4.79 Å². The number of fused-ring (bicyclic) bond motifs is 1. The average Bonchev–Trinajstić information content (AvgIpc) is 2.46. The van der Waals surface area contributed by atoms with Crippen molar-refractivity contribution in [3.05, 3.63) is 40.2 Å². The number of piperidine rings is 1. The van der Waals surface area contributed by atoms with Crippen molar-refractivity contribution in [2.45, 2.75) is 26.7 Å². The molecule has 1 fully saturated rings. The molecule has 1 aliphatic heterocycles. The van der Waals surface area contributed by atoms with Gasteiger partial charge in [-0.05, 0) is 55.6 Å². The molecule has 2 heterocycles. The SMILES string of the molecule is Cc1cc(=O)oc2cc(NC(=S)N3CCC[C@H](C)C3)ccc12. The highest BCUT2D eigenvalue weighted by Crippen LogP contribution is 2.22. The number of likely N-dealkylation sites (tertiary alicyclic amines) is 1. The van der Waals surface area contributed by atoms with Gasteiger partial charge in [0, 0.05) is 36.3 Å². The Hall–Kier alpha value is -1.88. The van der Waals surface area contributed by atoms with Gasteiger partial charge < -0.3 is 14.6 Å². The Labute approximate surface area is 135 Å². The summed E-state index contributed by atoms with van der Waals surface area (Å²) >= 11 is 5.51. The molecule has 1 N–H and O–H groups in total. The zero-order valence-corrected chi connectivity index (χ0v) is 13.7. The van der Waals surface area contributed by atoms with Crippen LogP contribution >= 0.6 is 12.2 Å². The van der Waals surface area contributed by atoms with Crippen LogP contribution in [0.4, 0.5) is 5.69 Å². The molecule has 1 atom stereocenters. The molecule has 5 heteroatoms. The lowest BCUT2D eigenvalue weighted by Crippen LogP contribution is -2.41. The van der Waals surface area contributed by atoms with E-state index < -0.39 is 0 Å². The predicted octanol–water partition coefficient (Wildman–Crippen LogP) is 3.53. The van der Waals surface area contributed by atoms with Gasteiger partial charge >= 0.3 is 5.63 Å². The van der Waals surface area contributed by atoms with Gasteiger partial charge in [0.05, 0.1) is 0 Å². The fourth-order valence-electron chi connectivity index (χ4n) is 2.98. The molecule has 1 aliphatic rings. The third-order valence-electron chi connectivity index (χ3n) is 4.15. The monoisotopic (exact) mass is 316 g/mol. The summed E-state index contributed by atoms with van der Waals surface area (Å²) in [5, 5.41) is 4.94. The van der Waals surface area contributed by atoms with Gasteiger partial charge in [-0.15, -0.1) is 0 Å². The summed E-state index contributed by atoms with van der Waals surface area (Å²) in [6.45, 7) is 6.15. The van der Waals surface area contributed by atoms with Crippen LogP contribution in [0.1, 0.15) is 25.3 Å². The van der Waals surface area contributed by atoms with Crippen LogP contribution in [0.3, 0.4) is 0 Å². The van der Waals surface area contributed by atoms with Gasteiger partial charge in [0.25, 0.3) is 0 Å². The molecule has 2 aromatic rings. The molecular formula is C17H20N2O2S. The number of anilines is 1. The van der Waals surface area contributed by atoms with Crippen molar-refractivity contribution in [2.24, 2.45) is 5.92 Å². The van der Waals surface area contributed by atoms with Crippen LogP contribution in [0, 0.1) is 12.8 Å². The first-order chi connectivity index (χ1) is 10.5. The van der Waals surface area contributed by atoms with Gasteiger partial charge in [0.1, 0.15) is 5.58 Å². The Morgan fingerprint density at radius 2 is 2.23 bits per heavy atom. The predicted molar refractivity (Wildman–Crippen MR) is 93.4 cm³/mol. The number of hydrogen-bond donors (Lipinski definition) is 1. The molecule has 3 rings (SSSR count). The third-order valence-corrected chi connectivity index (χ3v) is 4.51. The van der Waals surface area contributed by atoms with Gasteiger partial charge in [-0.3, -0.25) is 0 Å². The van der Waals surface area contributed by atoms with Crippen LogP contribution < -0.4 is 10.9 Å². The van der Waals surface area contributed by atoms with Gasteiger partial charge in [-0.2, -0.15) is 0 Å². The molecule has 0 amide bonds. The van der Waals surface area contributed by atoms with E-state index in [1.807, 2.05) is 25.1 Å². The van der Waals surface area contributed by atoms with E-state index in [2.05, 4.69) is 17.1 Å². The molecule has 0 bridgehead atoms. The minimum Gasteiger partial charge on any atom is -0.423 e. The Morgan fingerprint density at radius 1 is 1.41 bits per heavy atom. The number of benzene rings is 1. The molecule has 0 spiro atoms. The lowest BCUT2D eigenvalue weighted by Gasteiger charge is -2.33. The van der Waals surface area contributed by atoms with E-state index in [1.165, 1.54) is 18.9 Å². The smallest absolute Gasteiger partial charge is 0.336 e. The minimum atomic E-state index is -0.324. The highest BCUT2D eigenvalue weighted by Gasteiger charge is 2.18. The maximum atomic E-state index is 11.5.